The average Bonchev–Trinajstić information content (AvgIpc) is 2.62. The molecule has 25 heavy (non-hydrogen) atoms. The van der Waals surface area contributed by atoms with E-state index in [2.05, 4.69) is 5.10 Å². The minimum atomic E-state index is -3.94. The Kier molecular flexibility index (Phi) is 3.63. The highest BCUT2D eigenvalue weighted by Crippen LogP contribution is 2.23. The molecule has 7 heteroatoms. The molecule has 0 aromatic heterocycles. The van der Waals surface area contributed by atoms with Crippen molar-refractivity contribution in [2.24, 2.45) is 5.10 Å². The van der Waals surface area contributed by atoms with Crippen molar-refractivity contribution in [1.29, 1.82) is 0 Å². The number of benzene rings is 3. The van der Waals surface area contributed by atoms with Crippen molar-refractivity contribution in [3.63, 3.8) is 0 Å². The van der Waals surface area contributed by atoms with Gasteiger partial charge < -0.3 is 5.02 Å². The SMILES string of the molecule is Cc1ccc(S(=O)(=O)N2N=Cc3c(ccc4ccccc34)B2O)cc1. The van der Waals surface area contributed by atoms with E-state index in [1.165, 1.54) is 18.3 Å². The predicted molar refractivity (Wildman–Crippen MR) is 99.4 cm³/mol. The number of rotatable bonds is 2. The summed E-state index contributed by atoms with van der Waals surface area (Å²) in [7, 11) is -5.30. The van der Waals surface area contributed by atoms with Crippen LogP contribution in [0.3, 0.4) is 0 Å². The van der Waals surface area contributed by atoms with E-state index in [0.29, 0.717) is 5.46 Å². The molecule has 1 N–H and O–H groups in total. The minimum absolute atomic E-state index is 0.0959. The summed E-state index contributed by atoms with van der Waals surface area (Å²) in [4.78, 5) is 0.0959. The molecule has 0 amide bonds. The van der Waals surface area contributed by atoms with Gasteiger partial charge in [0.15, 0.2) is 0 Å². The van der Waals surface area contributed by atoms with Gasteiger partial charge in [-0.25, -0.2) is 8.42 Å². The van der Waals surface area contributed by atoms with Gasteiger partial charge in [0, 0.05) is 5.56 Å². The molecule has 3 aromatic rings. The first kappa shape index (κ1) is 15.9. The molecule has 4 rings (SSSR count). The lowest BCUT2D eigenvalue weighted by Gasteiger charge is -2.26. The molecule has 0 unspecified atom stereocenters. The fourth-order valence-electron chi connectivity index (χ4n) is 2.99. The molecule has 1 heterocycles. The maximum absolute atomic E-state index is 12.8. The number of hydrogen-bond acceptors (Lipinski definition) is 4. The van der Waals surface area contributed by atoms with Gasteiger partial charge in [-0.1, -0.05) is 54.1 Å². The van der Waals surface area contributed by atoms with Crippen LogP contribution in [0.5, 0.6) is 0 Å². The summed E-state index contributed by atoms with van der Waals surface area (Å²) in [6.07, 6.45) is 1.50. The first-order valence-corrected chi connectivity index (χ1v) is 9.27. The summed E-state index contributed by atoms with van der Waals surface area (Å²) >= 11 is 0. The van der Waals surface area contributed by atoms with Gasteiger partial charge in [0.1, 0.15) is 0 Å². The molecule has 1 aliphatic rings. The van der Waals surface area contributed by atoms with Crippen LogP contribution in [0.2, 0.25) is 0 Å². The van der Waals surface area contributed by atoms with Gasteiger partial charge in [-0.05, 0) is 35.3 Å². The third kappa shape index (κ3) is 2.52. The van der Waals surface area contributed by atoms with E-state index in [9.17, 15) is 13.4 Å². The van der Waals surface area contributed by atoms with Gasteiger partial charge in [-0.3, -0.25) is 0 Å². The van der Waals surface area contributed by atoms with Crippen molar-refractivity contribution in [2.75, 3.05) is 0 Å². The van der Waals surface area contributed by atoms with E-state index in [1.807, 2.05) is 37.3 Å². The molecule has 0 spiro atoms. The first-order chi connectivity index (χ1) is 12.0. The summed E-state index contributed by atoms with van der Waals surface area (Å²) in [5, 5.41) is 16.6. The molecule has 1 aliphatic heterocycles. The van der Waals surface area contributed by atoms with Crippen LogP contribution in [0.4, 0.5) is 0 Å². The average molecular weight is 350 g/mol. The smallest absolute Gasteiger partial charge is 0.427 e. The molecule has 0 aliphatic carbocycles. The van der Waals surface area contributed by atoms with Crippen molar-refractivity contribution in [3.8, 4) is 0 Å². The molecular weight excluding hydrogens is 335 g/mol. The van der Waals surface area contributed by atoms with Crippen molar-refractivity contribution >= 4 is 39.5 Å². The highest BCUT2D eigenvalue weighted by Gasteiger charge is 2.38. The lowest BCUT2D eigenvalue weighted by atomic mass is 9.70. The highest BCUT2D eigenvalue weighted by atomic mass is 32.2. The topological polar surface area (TPSA) is 70.0 Å². The van der Waals surface area contributed by atoms with E-state index in [1.54, 1.807) is 18.2 Å². The quantitative estimate of drug-likeness (QED) is 0.718. The Morgan fingerprint density at radius 2 is 1.72 bits per heavy atom. The second-order valence-corrected chi connectivity index (χ2v) is 7.79. The van der Waals surface area contributed by atoms with Gasteiger partial charge in [0.2, 0.25) is 0 Å². The number of hydrogen-bond donors (Lipinski definition) is 1. The maximum Gasteiger partial charge on any atom is 0.484 e. The Bertz CT molecular complexity index is 1100. The molecule has 0 bridgehead atoms. The minimum Gasteiger partial charge on any atom is -0.427 e. The molecule has 5 nitrogen and oxygen atoms in total. The molecular formula is C18H15BN2O3S. The van der Waals surface area contributed by atoms with Crippen LogP contribution in [-0.4, -0.2) is 31.0 Å². The Morgan fingerprint density at radius 3 is 2.48 bits per heavy atom. The van der Waals surface area contributed by atoms with E-state index < -0.39 is 17.1 Å². The molecule has 0 atom stereocenters. The number of fused-ring (bicyclic) bond motifs is 3. The maximum atomic E-state index is 12.8. The second kappa shape index (κ2) is 5.72. The third-order valence-corrected chi connectivity index (χ3v) is 6.01. The van der Waals surface area contributed by atoms with Gasteiger partial charge in [-0.2, -0.15) is 9.43 Å². The Balaban J connectivity index is 1.82. The zero-order valence-corrected chi connectivity index (χ0v) is 14.3. The fourth-order valence-corrected chi connectivity index (χ4v) is 4.23. The zero-order chi connectivity index (χ0) is 17.6. The van der Waals surface area contributed by atoms with Crippen LogP contribution in [0.15, 0.2) is 70.7 Å². The second-order valence-electron chi connectivity index (χ2n) is 6.00. The summed E-state index contributed by atoms with van der Waals surface area (Å²) in [5.74, 6) is 0. The van der Waals surface area contributed by atoms with Crippen molar-refractivity contribution in [1.82, 2.24) is 4.33 Å². The van der Waals surface area contributed by atoms with Crippen LogP contribution in [-0.2, 0) is 10.0 Å². The predicted octanol–water partition coefficient (Wildman–Crippen LogP) is 1.87. The summed E-state index contributed by atoms with van der Waals surface area (Å²) < 4.78 is 26.4. The Morgan fingerprint density at radius 1 is 1.00 bits per heavy atom. The van der Waals surface area contributed by atoms with Gasteiger partial charge >= 0.3 is 7.05 Å². The van der Waals surface area contributed by atoms with Crippen molar-refractivity contribution in [3.05, 3.63) is 71.8 Å². The monoisotopic (exact) mass is 350 g/mol. The summed E-state index contributed by atoms with van der Waals surface area (Å²) in [6, 6.07) is 17.8. The van der Waals surface area contributed by atoms with Gasteiger partial charge in [0.05, 0.1) is 11.1 Å². The van der Waals surface area contributed by atoms with E-state index >= 15 is 0 Å². The van der Waals surface area contributed by atoms with Crippen molar-refractivity contribution < 1.29 is 13.4 Å². The molecule has 124 valence electrons. The highest BCUT2D eigenvalue weighted by molar-refractivity contribution is 7.90. The van der Waals surface area contributed by atoms with Crippen LogP contribution in [0.25, 0.3) is 10.8 Å². The fraction of sp³-hybridized carbons (Fsp3) is 0.0556. The number of hydrazone groups is 1. The molecule has 0 radical (unpaired) electrons. The molecule has 0 saturated carbocycles. The third-order valence-electron chi connectivity index (χ3n) is 4.36. The number of sulfonamides is 1. The summed E-state index contributed by atoms with van der Waals surface area (Å²) in [6.45, 7) is 1.88. The van der Waals surface area contributed by atoms with E-state index in [-0.39, 0.29) is 4.90 Å². The lowest BCUT2D eigenvalue weighted by molar-refractivity contribution is 0.476. The normalized spacial score (nSPS) is 14.0. The Hall–Kier alpha value is -2.64. The van der Waals surface area contributed by atoms with E-state index in [0.717, 1.165) is 26.2 Å². The molecule has 0 saturated heterocycles. The first-order valence-electron chi connectivity index (χ1n) is 7.83. The Labute approximate surface area is 146 Å². The van der Waals surface area contributed by atoms with E-state index in [4.69, 9.17) is 0 Å². The molecule has 0 fully saturated rings. The number of aryl methyl sites for hydroxylation is 1. The number of nitrogens with zero attached hydrogens (tertiary/aromatic N) is 2. The molecule has 3 aromatic carbocycles. The van der Waals surface area contributed by atoms with Gasteiger partial charge in [-0.15, -0.1) is 0 Å². The van der Waals surface area contributed by atoms with Crippen LogP contribution < -0.4 is 5.46 Å². The van der Waals surface area contributed by atoms with Crippen LogP contribution >= 0.6 is 0 Å². The largest absolute Gasteiger partial charge is 0.484 e. The lowest BCUT2D eigenvalue weighted by Crippen LogP contribution is -2.52. The van der Waals surface area contributed by atoms with Crippen molar-refractivity contribution in [2.45, 2.75) is 11.8 Å². The van der Waals surface area contributed by atoms with Gasteiger partial charge in [0.25, 0.3) is 10.0 Å². The standard InChI is InChI=1S/C18H15BN2O3S/c1-13-6-9-15(10-7-13)25(23,24)21-19(22)18-11-8-14-4-2-3-5-16(14)17(18)12-20-21/h2-12,22H,1H3. The van der Waals surface area contributed by atoms with Crippen LogP contribution in [0.1, 0.15) is 11.1 Å². The summed E-state index contributed by atoms with van der Waals surface area (Å²) in [5.41, 5.74) is 2.21. The zero-order valence-electron chi connectivity index (χ0n) is 13.5. The van der Waals surface area contributed by atoms with Crippen LogP contribution in [0, 0.1) is 6.92 Å².